The highest BCUT2D eigenvalue weighted by Gasteiger charge is 2.29. The largest absolute Gasteiger partial charge is 0.459 e. The molecule has 0 atom stereocenters. The van der Waals surface area contributed by atoms with Crippen LogP contribution in [-0.2, 0) is 16.1 Å². The van der Waals surface area contributed by atoms with Crippen LogP contribution >= 0.6 is 23.5 Å². The van der Waals surface area contributed by atoms with Crippen molar-refractivity contribution < 1.29 is 19.1 Å². The highest BCUT2D eigenvalue weighted by atomic mass is 35.5. The summed E-state index contributed by atoms with van der Waals surface area (Å²) in [5.74, 6) is -0.609. The summed E-state index contributed by atoms with van der Waals surface area (Å²) in [6.45, 7) is 6.05. The lowest BCUT2D eigenvalue weighted by Crippen LogP contribution is -2.33. The molecule has 0 unspecified atom stereocenters. The van der Waals surface area contributed by atoms with E-state index in [2.05, 4.69) is 5.32 Å². The molecular weight excluding hydrogens is 582 g/mol. The molecule has 0 saturated heterocycles. The summed E-state index contributed by atoms with van der Waals surface area (Å²) in [7, 11) is 0. The molecule has 43 heavy (non-hydrogen) atoms. The van der Waals surface area contributed by atoms with Crippen LogP contribution in [0, 0.1) is 0 Å². The van der Waals surface area contributed by atoms with E-state index in [9.17, 15) is 14.4 Å². The van der Waals surface area contributed by atoms with Crippen molar-refractivity contribution in [1.29, 1.82) is 0 Å². The van der Waals surface area contributed by atoms with Crippen LogP contribution < -0.4 is 10.2 Å². The van der Waals surface area contributed by atoms with E-state index in [1.165, 1.54) is 11.9 Å². The van der Waals surface area contributed by atoms with Crippen molar-refractivity contribution in [3.8, 4) is 11.1 Å². The second-order valence-corrected chi connectivity index (χ2v) is 12.5. The van der Waals surface area contributed by atoms with E-state index < -0.39 is 5.60 Å². The molecule has 1 aliphatic rings. The molecule has 0 aromatic heterocycles. The van der Waals surface area contributed by atoms with E-state index in [-0.39, 0.29) is 35.2 Å². The summed E-state index contributed by atoms with van der Waals surface area (Å²) in [4.78, 5) is 41.3. The van der Waals surface area contributed by atoms with Crippen molar-refractivity contribution in [2.45, 2.75) is 32.9 Å². The van der Waals surface area contributed by atoms with Gasteiger partial charge in [-0.2, -0.15) is 0 Å². The molecular formula is C34H32ClN3O4S. The Morgan fingerprint density at radius 2 is 1.58 bits per heavy atom. The zero-order valence-corrected chi connectivity index (χ0v) is 25.7. The molecule has 1 heterocycles. The second kappa shape index (κ2) is 13.0. The highest BCUT2D eigenvalue weighted by molar-refractivity contribution is 7.97. The van der Waals surface area contributed by atoms with Gasteiger partial charge in [-0.3, -0.25) is 19.3 Å². The van der Waals surface area contributed by atoms with Crippen LogP contribution in [0.4, 0.5) is 11.4 Å². The fraction of sp³-hybridized carbons (Fsp3) is 0.206. The first kappa shape index (κ1) is 30.4. The minimum atomic E-state index is -0.582. The van der Waals surface area contributed by atoms with Crippen molar-refractivity contribution in [2.75, 3.05) is 22.6 Å². The van der Waals surface area contributed by atoms with Gasteiger partial charge in [0.2, 0.25) is 0 Å². The Labute approximate surface area is 260 Å². The van der Waals surface area contributed by atoms with Gasteiger partial charge < -0.3 is 10.1 Å². The van der Waals surface area contributed by atoms with E-state index in [4.69, 9.17) is 16.3 Å². The molecule has 1 N–H and O–H groups in total. The molecule has 5 rings (SSSR count). The number of esters is 1. The summed E-state index contributed by atoms with van der Waals surface area (Å²) in [6.07, 6.45) is 0. The number of anilines is 2. The maximum Gasteiger partial charge on any atom is 0.321 e. The topological polar surface area (TPSA) is 79.0 Å². The van der Waals surface area contributed by atoms with E-state index in [1.807, 2.05) is 97.9 Å². The summed E-state index contributed by atoms with van der Waals surface area (Å²) >= 11 is 8.03. The van der Waals surface area contributed by atoms with Crippen LogP contribution in [0.3, 0.4) is 0 Å². The number of para-hydroxylation sites is 1. The van der Waals surface area contributed by atoms with Crippen LogP contribution in [0.15, 0.2) is 97.1 Å². The van der Waals surface area contributed by atoms with Gasteiger partial charge in [0.15, 0.2) is 0 Å². The first-order chi connectivity index (χ1) is 20.6. The predicted molar refractivity (Wildman–Crippen MR) is 173 cm³/mol. The predicted octanol–water partition coefficient (Wildman–Crippen LogP) is 7.67. The fourth-order valence-electron chi connectivity index (χ4n) is 4.80. The molecule has 0 aliphatic carbocycles. The summed E-state index contributed by atoms with van der Waals surface area (Å²) in [5, 5.41) is 3.14. The van der Waals surface area contributed by atoms with E-state index in [0.29, 0.717) is 23.4 Å². The zero-order valence-electron chi connectivity index (χ0n) is 24.2. The number of benzene rings is 4. The van der Waals surface area contributed by atoms with Gasteiger partial charge >= 0.3 is 5.97 Å². The quantitative estimate of drug-likeness (QED) is 0.178. The molecule has 0 saturated carbocycles. The minimum Gasteiger partial charge on any atom is -0.459 e. The summed E-state index contributed by atoms with van der Waals surface area (Å²) in [6, 6.07) is 29.6. The number of nitrogens with one attached hydrogen (secondary N) is 1. The number of ether oxygens (including phenoxy) is 1. The second-order valence-electron chi connectivity index (χ2n) is 11.1. The number of halogens is 1. The number of carbonyl (C=O) groups is 3. The van der Waals surface area contributed by atoms with Crippen molar-refractivity contribution in [3.05, 3.63) is 119 Å². The molecule has 0 spiro atoms. The number of fused-ring (bicyclic) bond motifs is 1. The number of amides is 2. The van der Waals surface area contributed by atoms with Crippen LogP contribution in [0.25, 0.3) is 11.1 Å². The molecule has 0 fully saturated rings. The lowest BCUT2D eigenvalue weighted by atomic mass is 9.99. The third-order valence-corrected chi connectivity index (χ3v) is 7.99. The van der Waals surface area contributed by atoms with Crippen LogP contribution in [0.5, 0.6) is 0 Å². The van der Waals surface area contributed by atoms with Gasteiger partial charge in [0.05, 0.1) is 16.5 Å². The number of carbonyl (C=O) groups excluding carboxylic acids is 3. The van der Waals surface area contributed by atoms with Crippen molar-refractivity contribution in [3.63, 3.8) is 0 Å². The summed E-state index contributed by atoms with van der Waals surface area (Å²) in [5.41, 5.74) is 4.13. The maximum atomic E-state index is 13.8. The van der Waals surface area contributed by atoms with Gasteiger partial charge in [-0.1, -0.05) is 90.3 Å². The number of hydrogen-bond acceptors (Lipinski definition) is 6. The number of hydrogen-bond donors (Lipinski definition) is 1. The lowest BCUT2D eigenvalue weighted by Gasteiger charge is -2.24. The Hall–Kier alpha value is -4.11. The minimum absolute atomic E-state index is 0.0842. The standard InChI is InChI=1S/C34H32ClN3O4S/c1-34(2,3)42-31(39)21-37-20-24-13-7-10-16-30(24)38(22-43-37)33(41)28-18-17-25(19-29(28)35)36-32(40)27-15-9-8-14-26(27)23-11-5-4-6-12-23/h4-19H,20-22H2,1-3H3,(H,36,40). The third-order valence-electron chi connectivity index (χ3n) is 6.68. The van der Waals surface area contributed by atoms with E-state index >= 15 is 0 Å². The average molecular weight is 614 g/mol. The number of rotatable bonds is 6. The molecule has 1 aliphatic heterocycles. The van der Waals surface area contributed by atoms with Gasteiger partial charge in [-0.25, -0.2) is 4.31 Å². The molecule has 4 aromatic carbocycles. The Morgan fingerprint density at radius 1 is 0.884 bits per heavy atom. The van der Waals surface area contributed by atoms with Crippen molar-refractivity contribution in [2.24, 2.45) is 0 Å². The molecule has 7 nitrogen and oxygen atoms in total. The van der Waals surface area contributed by atoms with Crippen molar-refractivity contribution in [1.82, 2.24) is 4.31 Å². The molecule has 0 radical (unpaired) electrons. The zero-order chi connectivity index (χ0) is 30.6. The molecule has 0 bridgehead atoms. The average Bonchev–Trinajstić information content (AvgIpc) is 3.15. The van der Waals surface area contributed by atoms with Gasteiger partial charge in [0.1, 0.15) is 12.1 Å². The maximum absolute atomic E-state index is 13.8. The van der Waals surface area contributed by atoms with Crippen LogP contribution in [0.1, 0.15) is 47.1 Å². The van der Waals surface area contributed by atoms with Gasteiger partial charge in [0.25, 0.3) is 11.8 Å². The van der Waals surface area contributed by atoms with E-state index in [1.54, 1.807) is 29.2 Å². The Morgan fingerprint density at radius 3 is 2.33 bits per heavy atom. The Bertz CT molecular complexity index is 1660. The van der Waals surface area contributed by atoms with E-state index in [0.717, 1.165) is 22.4 Å². The third kappa shape index (κ3) is 7.46. The Kier molecular flexibility index (Phi) is 9.20. The Balaban J connectivity index is 1.33. The first-order valence-corrected chi connectivity index (χ1v) is 15.2. The molecule has 4 aromatic rings. The fourth-order valence-corrected chi connectivity index (χ4v) is 6.02. The first-order valence-electron chi connectivity index (χ1n) is 13.8. The summed E-state index contributed by atoms with van der Waals surface area (Å²) < 4.78 is 7.40. The van der Waals surface area contributed by atoms with Crippen molar-refractivity contribution >= 4 is 52.7 Å². The number of nitrogens with zero attached hydrogens (tertiary/aromatic N) is 2. The monoisotopic (exact) mass is 613 g/mol. The van der Waals surface area contributed by atoms with Gasteiger partial charge in [0, 0.05) is 23.5 Å². The lowest BCUT2D eigenvalue weighted by molar-refractivity contribution is -0.154. The smallest absolute Gasteiger partial charge is 0.321 e. The molecule has 9 heteroatoms. The molecule has 220 valence electrons. The molecule has 2 amide bonds. The normalized spacial score (nSPS) is 13.5. The van der Waals surface area contributed by atoms with Gasteiger partial charge in [-0.05, 0) is 67.8 Å². The SMILES string of the molecule is CC(C)(C)OC(=O)CN1Cc2ccccc2N(C(=O)c2ccc(NC(=O)c3ccccc3-c3ccccc3)cc2Cl)CS1. The van der Waals surface area contributed by atoms with Gasteiger partial charge in [-0.15, -0.1) is 0 Å². The highest BCUT2D eigenvalue weighted by Crippen LogP contribution is 2.34. The van der Waals surface area contributed by atoms with Crippen LogP contribution in [0.2, 0.25) is 5.02 Å². The van der Waals surface area contributed by atoms with Crippen LogP contribution in [-0.4, -0.2) is 40.1 Å².